The Labute approximate surface area is 133 Å². The molecule has 0 bridgehead atoms. The van der Waals surface area contributed by atoms with Crippen LogP contribution in [0.15, 0.2) is 42.6 Å². The lowest BCUT2D eigenvalue weighted by atomic mass is 10.2. The van der Waals surface area contributed by atoms with Crippen molar-refractivity contribution >= 4 is 34.2 Å². The monoisotopic (exact) mass is 319 g/mol. The highest BCUT2D eigenvalue weighted by atomic mass is 35.5. The van der Waals surface area contributed by atoms with Crippen molar-refractivity contribution in [2.45, 2.75) is 19.4 Å². The molecule has 0 N–H and O–H groups in total. The van der Waals surface area contributed by atoms with Crippen molar-refractivity contribution in [1.29, 1.82) is 0 Å². The number of aryl methyl sites for hydroxylation is 1. The number of aromatic nitrogens is 3. The number of alkyl halides is 1. The minimum absolute atomic E-state index is 0.0931. The number of fused-ring (bicyclic) bond motifs is 1. The van der Waals surface area contributed by atoms with Gasteiger partial charge in [0.2, 0.25) is 0 Å². The Morgan fingerprint density at radius 3 is 2.81 bits per heavy atom. The van der Waals surface area contributed by atoms with Crippen LogP contribution in [-0.2, 0) is 6.42 Å². The molecule has 21 heavy (non-hydrogen) atoms. The fourth-order valence-electron chi connectivity index (χ4n) is 2.57. The maximum atomic E-state index is 6.07. The first-order valence-corrected chi connectivity index (χ1v) is 7.75. The minimum Gasteiger partial charge on any atom is -0.319 e. The van der Waals surface area contributed by atoms with Gasteiger partial charge in [0, 0.05) is 23.5 Å². The fourth-order valence-corrected chi connectivity index (χ4v) is 2.91. The topological polar surface area (TPSA) is 30.7 Å². The van der Waals surface area contributed by atoms with E-state index < -0.39 is 0 Å². The first-order valence-electron chi connectivity index (χ1n) is 6.84. The van der Waals surface area contributed by atoms with Crippen molar-refractivity contribution < 1.29 is 0 Å². The highest BCUT2D eigenvalue weighted by molar-refractivity contribution is 6.31. The van der Waals surface area contributed by atoms with Gasteiger partial charge in [-0.1, -0.05) is 17.7 Å². The van der Waals surface area contributed by atoms with Gasteiger partial charge in [0.15, 0.2) is 0 Å². The summed E-state index contributed by atoms with van der Waals surface area (Å²) >= 11 is 12.0. The molecule has 1 unspecified atom stereocenters. The van der Waals surface area contributed by atoms with Crippen LogP contribution in [0.5, 0.6) is 0 Å². The predicted molar refractivity (Wildman–Crippen MR) is 87.2 cm³/mol. The van der Waals surface area contributed by atoms with E-state index in [0.29, 0.717) is 17.3 Å². The van der Waals surface area contributed by atoms with Gasteiger partial charge in [0.05, 0.1) is 22.8 Å². The van der Waals surface area contributed by atoms with Crippen LogP contribution >= 0.6 is 23.2 Å². The molecule has 0 aliphatic carbocycles. The summed E-state index contributed by atoms with van der Waals surface area (Å²) in [6.07, 6.45) is 2.52. The van der Waals surface area contributed by atoms with Crippen LogP contribution in [-0.4, -0.2) is 20.4 Å². The summed E-state index contributed by atoms with van der Waals surface area (Å²) < 4.78 is 2.19. The van der Waals surface area contributed by atoms with E-state index in [2.05, 4.69) is 21.5 Å². The third kappa shape index (κ3) is 2.76. The summed E-state index contributed by atoms with van der Waals surface area (Å²) in [7, 11) is 0. The van der Waals surface area contributed by atoms with E-state index in [9.17, 15) is 0 Å². The Hall–Kier alpha value is -1.58. The van der Waals surface area contributed by atoms with Crippen LogP contribution in [0.1, 0.15) is 24.5 Å². The van der Waals surface area contributed by atoms with Gasteiger partial charge in [-0.05, 0) is 37.3 Å². The zero-order valence-corrected chi connectivity index (χ0v) is 13.1. The van der Waals surface area contributed by atoms with Gasteiger partial charge >= 0.3 is 0 Å². The molecule has 0 saturated carbocycles. The summed E-state index contributed by atoms with van der Waals surface area (Å²) in [6.45, 7) is 2.12. The van der Waals surface area contributed by atoms with Crippen LogP contribution in [0.4, 0.5) is 0 Å². The maximum absolute atomic E-state index is 6.07. The van der Waals surface area contributed by atoms with Gasteiger partial charge in [0.1, 0.15) is 5.82 Å². The number of hydrogen-bond donors (Lipinski definition) is 0. The molecular formula is C16H15Cl2N3. The average molecular weight is 320 g/mol. The molecule has 0 radical (unpaired) electrons. The lowest BCUT2D eigenvalue weighted by molar-refractivity contribution is 0.607. The second-order valence-electron chi connectivity index (χ2n) is 4.90. The van der Waals surface area contributed by atoms with E-state index in [1.165, 1.54) is 0 Å². The van der Waals surface area contributed by atoms with E-state index in [0.717, 1.165) is 22.6 Å². The van der Waals surface area contributed by atoms with Gasteiger partial charge in [-0.3, -0.25) is 4.98 Å². The number of rotatable bonds is 4. The molecule has 2 aromatic heterocycles. The second kappa shape index (κ2) is 6.04. The Morgan fingerprint density at radius 1 is 1.24 bits per heavy atom. The molecular weight excluding hydrogens is 305 g/mol. The van der Waals surface area contributed by atoms with E-state index >= 15 is 0 Å². The van der Waals surface area contributed by atoms with Crippen molar-refractivity contribution in [2.24, 2.45) is 0 Å². The molecule has 1 atom stereocenters. The lowest BCUT2D eigenvalue weighted by Gasteiger charge is -2.17. The molecule has 5 heteroatoms. The maximum Gasteiger partial charge on any atom is 0.111 e. The standard InChI is InChI=1S/C16H15Cl2N3/c1-11(13-4-2-3-9-19-13)21-15-6-5-12(18)10-14(15)20-16(21)7-8-17/h2-6,9-11H,7-8H2,1H3. The molecule has 0 saturated heterocycles. The molecule has 1 aromatic carbocycles. The Morgan fingerprint density at radius 2 is 2.10 bits per heavy atom. The van der Waals surface area contributed by atoms with Crippen molar-refractivity contribution in [3.05, 3.63) is 59.1 Å². The lowest BCUT2D eigenvalue weighted by Crippen LogP contribution is -2.12. The van der Waals surface area contributed by atoms with Crippen LogP contribution < -0.4 is 0 Å². The zero-order valence-electron chi connectivity index (χ0n) is 11.6. The highest BCUT2D eigenvalue weighted by Crippen LogP contribution is 2.27. The number of pyridine rings is 1. The summed E-state index contributed by atoms with van der Waals surface area (Å²) in [5, 5.41) is 0.690. The van der Waals surface area contributed by atoms with Crippen LogP contribution in [0.25, 0.3) is 11.0 Å². The first-order chi connectivity index (χ1) is 10.2. The third-order valence-electron chi connectivity index (χ3n) is 3.55. The third-order valence-corrected chi connectivity index (χ3v) is 3.97. The van der Waals surface area contributed by atoms with E-state index in [1.54, 1.807) is 0 Å². The number of halogens is 2. The second-order valence-corrected chi connectivity index (χ2v) is 5.72. The molecule has 0 amide bonds. The summed E-state index contributed by atoms with van der Waals surface area (Å²) in [5.41, 5.74) is 2.95. The van der Waals surface area contributed by atoms with Gasteiger partial charge in [-0.15, -0.1) is 11.6 Å². The molecule has 0 aliphatic rings. The predicted octanol–water partition coefficient (Wildman–Crippen LogP) is 4.48. The highest BCUT2D eigenvalue weighted by Gasteiger charge is 2.17. The molecule has 3 rings (SSSR count). The molecule has 3 nitrogen and oxygen atoms in total. The van der Waals surface area contributed by atoms with Gasteiger partial charge < -0.3 is 4.57 Å². The van der Waals surface area contributed by atoms with E-state index in [1.807, 2.05) is 42.6 Å². The molecule has 108 valence electrons. The fraction of sp³-hybridized carbons (Fsp3) is 0.250. The summed E-state index contributed by atoms with van der Waals surface area (Å²) in [5.74, 6) is 1.49. The smallest absolute Gasteiger partial charge is 0.111 e. The molecule has 3 aromatic rings. The molecule has 0 fully saturated rings. The summed E-state index contributed by atoms with van der Waals surface area (Å²) in [6, 6.07) is 11.8. The van der Waals surface area contributed by atoms with Gasteiger partial charge in [-0.2, -0.15) is 0 Å². The van der Waals surface area contributed by atoms with Gasteiger partial charge in [-0.25, -0.2) is 4.98 Å². The van der Waals surface area contributed by atoms with Crippen molar-refractivity contribution in [1.82, 2.24) is 14.5 Å². The van der Waals surface area contributed by atoms with Crippen molar-refractivity contribution in [3.8, 4) is 0 Å². The van der Waals surface area contributed by atoms with Crippen LogP contribution in [0.3, 0.4) is 0 Å². The van der Waals surface area contributed by atoms with E-state index in [4.69, 9.17) is 23.2 Å². The number of hydrogen-bond acceptors (Lipinski definition) is 2. The molecule has 0 spiro atoms. The van der Waals surface area contributed by atoms with Crippen LogP contribution in [0.2, 0.25) is 5.02 Å². The van der Waals surface area contributed by atoms with E-state index in [-0.39, 0.29) is 6.04 Å². The number of benzene rings is 1. The average Bonchev–Trinajstić information content (AvgIpc) is 2.85. The quantitative estimate of drug-likeness (QED) is 0.664. The largest absolute Gasteiger partial charge is 0.319 e. The SMILES string of the molecule is CC(c1ccccn1)n1c(CCCl)nc2cc(Cl)ccc21. The number of nitrogens with zero attached hydrogens (tertiary/aromatic N) is 3. The van der Waals surface area contributed by atoms with Crippen molar-refractivity contribution in [3.63, 3.8) is 0 Å². The first kappa shape index (κ1) is 14.4. The normalized spacial score (nSPS) is 12.7. The van der Waals surface area contributed by atoms with Gasteiger partial charge in [0.25, 0.3) is 0 Å². The van der Waals surface area contributed by atoms with Crippen LogP contribution in [0, 0.1) is 0 Å². The summed E-state index contributed by atoms with van der Waals surface area (Å²) in [4.78, 5) is 9.13. The minimum atomic E-state index is 0.0931. The van der Waals surface area contributed by atoms with Crippen molar-refractivity contribution in [2.75, 3.05) is 5.88 Å². The zero-order chi connectivity index (χ0) is 14.8. The Kier molecular flexibility index (Phi) is 4.13. The number of imidazole rings is 1. The Balaban J connectivity index is 2.17. The Bertz CT molecular complexity index is 753. The molecule has 0 aliphatic heterocycles. The molecule has 2 heterocycles.